The third kappa shape index (κ3) is 7.09. The highest BCUT2D eigenvalue weighted by molar-refractivity contribution is 5.90. The van der Waals surface area contributed by atoms with Crippen molar-refractivity contribution in [3.05, 3.63) is 107 Å². The molecule has 5 aliphatic rings. The van der Waals surface area contributed by atoms with Gasteiger partial charge >= 0.3 is 11.9 Å². The summed E-state index contributed by atoms with van der Waals surface area (Å²) in [6.07, 6.45) is 6.08. The molecule has 4 bridgehead atoms. The van der Waals surface area contributed by atoms with Crippen molar-refractivity contribution >= 4 is 23.3 Å². The number of carbonyl (C=O) groups is 2. The van der Waals surface area contributed by atoms with Crippen LogP contribution in [0.15, 0.2) is 84.9 Å². The third-order valence-electron chi connectivity index (χ3n) is 13.2. The zero-order chi connectivity index (χ0) is 39.2. The Morgan fingerprint density at radius 1 is 0.786 bits per heavy atom. The average Bonchev–Trinajstić information content (AvgIpc) is 3.55. The van der Waals surface area contributed by atoms with Crippen LogP contribution in [-0.2, 0) is 27.3 Å². The van der Waals surface area contributed by atoms with Crippen LogP contribution in [0.25, 0.3) is 0 Å². The lowest BCUT2D eigenvalue weighted by Crippen LogP contribution is -2.60. The lowest BCUT2D eigenvalue weighted by atomic mass is 9.48. The Kier molecular flexibility index (Phi) is 9.76. The molecule has 11 nitrogen and oxygen atoms in total. The lowest BCUT2D eigenvalue weighted by Gasteiger charge is -2.60. The molecule has 2 heterocycles. The van der Waals surface area contributed by atoms with Crippen molar-refractivity contribution in [2.75, 3.05) is 17.2 Å². The van der Waals surface area contributed by atoms with Gasteiger partial charge in [-0.2, -0.15) is 0 Å². The quantitative estimate of drug-likeness (QED) is 0.0441. The summed E-state index contributed by atoms with van der Waals surface area (Å²) < 4.78 is 19.0. The van der Waals surface area contributed by atoms with Crippen molar-refractivity contribution in [3.63, 3.8) is 0 Å². The van der Waals surface area contributed by atoms with Crippen molar-refractivity contribution in [2.45, 2.75) is 89.7 Å². The maximum Gasteiger partial charge on any atom is 0.338 e. The molecule has 0 aromatic heterocycles. The molecule has 0 radical (unpaired) electrons. The van der Waals surface area contributed by atoms with Crippen LogP contribution in [0.5, 0.6) is 23.0 Å². The van der Waals surface area contributed by atoms with Gasteiger partial charge in [0.05, 0.1) is 29.4 Å². The smallest absolute Gasteiger partial charge is 0.338 e. The van der Waals surface area contributed by atoms with Crippen molar-refractivity contribution in [1.29, 1.82) is 0 Å². The number of carbonyl (C=O) groups excluding carboxylic acids is 2. The first-order valence-electron chi connectivity index (χ1n) is 19.6. The van der Waals surface area contributed by atoms with Crippen LogP contribution >= 0.6 is 0 Å². The summed E-state index contributed by atoms with van der Waals surface area (Å²) in [5, 5.41) is 46.1. The van der Waals surface area contributed by atoms with Crippen LogP contribution in [0.2, 0.25) is 0 Å². The molecular weight excluding hydrogens is 713 g/mol. The minimum Gasteiger partial charge on any atom is -0.508 e. The van der Waals surface area contributed by atoms with Gasteiger partial charge in [0.2, 0.25) is 0 Å². The summed E-state index contributed by atoms with van der Waals surface area (Å²) in [7, 11) is 0. The molecule has 4 aromatic carbocycles. The van der Waals surface area contributed by atoms with E-state index in [4.69, 9.17) is 14.2 Å². The second-order valence-corrected chi connectivity index (χ2v) is 16.8. The molecular formula is C45H50N2O9. The minimum atomic E-state index is -0.415. The number of hydrogen-bond donors (Lipinski definition) is 6. The standard InChI is InChI=1S/C45H50N2O9/c1-43(17-3-19-54-41(52)27-4-8-32(9-5-27)46-24-29-20-34(48)12-14-36(29)50)39(16-18-45-23-31-22-38(40(43)45)56-44(31,2)26-45)55-42(53)28-6-10-33(11-7-28)47-25-30-21-35(49)13-15-37(30)51/h4-15,20-21,31,38-40,46-51H,3,16-19,22-26H2,1-2H3/t31?,38?,39-,40?,43+,44?,45?/m0/s1. The maximum absolute atomic E-state index is 13.7. The van der Waals surface area contributed by atoms with Gasteiger partial charge in [0.1, 0.15) is 29.1 Å². The van der Waals surface area contributed by atoms with E-state index in [1.54, 1.807) is 48.5 Å². The van der Waals surface area contributed by atoms with E-state index in [9.17, 15) is 30.0 Å². The molecule has 2 aliphatic heterocycles. The van der Waals surface area contributed by atoms with E-state index in [1.807, 2.05) is 0 Å². The monoisotopic (exact) mass is 762 g/mol. The highest BCUT2D eigenvalue weighted by atomic mass is 16.5. The van der Waals surface area contributed by atoms with Gasteiger partial charge in [0.15, 0.2) is 0 Å². The summed E-state index contributed by atoms with van der Waals surface area (Å²) in [4.78, 5) is 26.8. The van der Waals surface area contributed by atoms with Gasteiger partial charge in [-0.25, -0.2) is 9.59 Å². The number of hydrogen-bond acceptors (Lipinski definition) is 11. The van der Waals surface area contributed by atoms with Gasteiger partial charge < -0.3 is 45.3 Å². The summed E-state index contributed by atoms with van der Waals surface area (Å²) in [5.74, 6) is 0.304. The second kappa shape index (κ2) is 14.6. The summed E-state index contributed by atoms with van der Waals surface area (Å²) >= 11 is 0. The zero-order valence-corrected chi connectivity index (χ0v) is 31.8. The molecule has 0 amide bonds. The van der Waals surface area contributed by atoms with Crippen LogP contribution in [0.1, 0.15) is 90.6 Å². The first-order chi connectivity index (χ1) is 26.8. The number of ether oxygens (including phenoxy) is 3. The lowest BCUT2D eigenvalue weighted by molar-refractivity contribution is -0.217. The molecule has 2 saturated heterocycles. The summed E-state index contributed by atoms with van der Waals surface area (Å²) in [5.41, 5.74) is 3.18. The van der Waals surface area contributed by atoms with E-state index in [1.165, 1.54) is 36.4 Å². The van der Waals surface area contributed by atoms with Crippen molar-refractivity contribution in [2.24, 2.45) is 22.7 Å². The normalized spacial score (nSPS) is 28.4. The molecule has 6 N–H and O–H groups in total. The number of anilines is 2. The van der Waals surface area contributed by atoms with E-state index >= 15 is 0 Å². The second-order valence-electron chi connectivity index (χ2n) is 16.8. The molecule has 4 aromatic rings. The molecule has 3 aliphatic carbocycles. The van der Waals surface area contributed by atoms with Crippen LogP contribution in [-0.4, -0.2) is 56.8 Å². The van der Waals surface area contributed by atoms with E-state index in [0.29, 0.717) is 54.1 Å². The largest absolute Gasteiger partial charge is 0.508 e. The average molecular weight is 763 g/mol. The summed E-state index contributed by atoms with van der Waals surface area (Å²) in [6, 6.07) is 22.8. The van der Waals surface area contributed by atoms with Crippen molar-refractivity contribution < 1.29 is 44.2 Å². The number of benzene rings is 4. The van der Waals surface area contributed by atoms with Gasteiger partial charge in [0.25, 0.3) is 0 Å². The Morgan fingerprint density at radius 3 is 1.93 bits per heavy atom. The molecule has 1 spiro atoms. The van der Waals surface area contributed by atoms with Gasteiger partial charge in [-0.05, 0) is 154 Å². The summed E-state index contributed by atoms with van der Waals surface area (Å²) in [6.45, 7) is 5.35. The van der Waals surface area contributed by atoms with E-state index in [0.717, 1.165) is 43.5 Å². The third-order valence-corrected chi connectivity index (χ3v) is 13.2. The Bertz CT molecular complexity index is 2110. The SMILES string of the molecule is CC12CC34CC[C@H](OC(=O)c5ccc(NCc6cc(O)ccc6O)cc5)[C@@](C)(CCCOC(=O)c5ccc(NCc6cc(O)ccc6O)cc5)C3C(CC1C4)O2. The van der Waals surface area contributed by atoms with Crippen LogP contribution < -0.4 is 10.6 Å². The van der Waals surface area contributed by atoms with Gasteiger partial charge in [-0.15, -0.1) is 0 Å². The molecule has 5 unspecified atom stereocenters. The van der Waals surface area contributed by atoms with E-state index in [-0.39, 0.29) is 70.1 Å². The molecule has 294 valence electrons. The number of nitrogens with one attached hydrogen (secondary N) is 2. The Balaban J connectivity index is 0.903. The maximum atomic E-state index is 13.7. The fourth-order valence-electron chi connectivity index (χ4n) is 10.7. The molecule has 56 heavy (non-hydrogen) atoms. The van der Waals surface area contributed by atoms with Crippen LogP contribution in [0.4, 0.5) is 11.4 Å². The number of esters is 2. The molecule has 9 rings (SSSR count). The number of rotatable bonds is 13. The molecule has 7 atom stereocenters. The molecule has 11 heteroatoms. The van der Waals surface area contributed by atoms with Crippen molar-refractivity contribution in [3.8, 4) is 23.0 Å². The predicted molar refractivity (Wildman–Crippen MR) is 210 cm³/mol. The van der Waals surface area contributed by atoms with E-state index in [2.05, 4.69) is 24.5 Å². The van der Waals surface area contributed by atoms with Crippen LogP contribution in [0.3, 0.4) is 0 Å². The Hall–Kier alpha value is -5.42. The fraction of sp³-hybridized carbons (Fsp3) is 0.422. The number of phenolic OH excluding ortho intramolecular Hbond substituents is 4. The van der Waals surface area contributed by atoms with E-state index < -0.39 is 5.97 Å². The molecule has 5 fully saturated rings. The minimum absolute atomic E-state index is 0.0687. The molecule has 3 saturated carbocycles. The first kappa shape index (κ1) is 37.5. The number of aromatic hydroxyl groups is 4. The zero-order valence-electron chi connectivity index (χ0n) is 31.8. The van der Waals surface area contributed by atoms with Crippen LogP contribution in [0, 0.1) is 22.7 Å². The number of phenols is 4. The van der Waals surface area contributed by atoms with Gasteiger partial charge in [-0.3, -0.25) is 0 Å². The van der Waals surface area contributed by atoms with Gasteiger partial charge in [-0.1, -0.05) is 6.92 Å². The Morgan fingerprint density at radius 2 is 1.36 bits per heavy atom. The van der Waals surface area contributed by atoms with Gasteiger partial charge in [0, 0.05) is 41.0 Å². The highest BCUT2D eigenvalue weighted by Crippen LogP contribution is 2.74. The predicted octanol–water partition coefficient (Wildman–Crippen LogP) is 8.27. The first-order valence-corrected chi connectivity index (χ1v) is 19.6. The topological polar surface area (TPSA) is 167 Å². The fourth-order valence-corrected chi connectivity index (χ4v) is 10.7. The van der Waals surface area contributed by atoms with Crippen molar-refractivity contribution in [1.82, 2.24) is 0 Å². The highest BCUT2D eigenvalue weighted by Gasteiger charge is 2.73. The Labute approximate surface area is 326 Å².